The van der Waals surface area contributed by atoms with E-state index in [1.165, 1.54) is 11.8 Å². The van der Waals surface area contributed by atoms with Gasteiger partial charge in [0.15, 0.2) is 5.82 Å². The van der Waals surface area contributed by atoms with Crippen LogP contribution in [-0.4, -0.2) is 15.2 Å². The molecule has 0 aliphatic rings. The summed E-state index contributed by atoms with van der Waals surface area (Å²) < 4.78 is 0. The van der Waals surface area contributed by atoms with E-state index in [-0.39, 0.29) is 0 Å². The predicted octanol–water partition coefficient (Wildman–Crippen LogP) is 5.23. The fourth-order valence-electron chi connectivity index (χ4n) is 2.09. The Morgan fingerprint density at radius 3 is 2.38 bits per heavy atom. The highest BCUT2D eigenvalue weighted by molar-refractivity contribution is 6.42. The second-order valence-corrected chi connectivity index (χ2v) is 5.91. The Labute approximate surface area is 150 Å². The number of benzene rings is 2. The number of nitrogens with zero attached hydrogens (tertiary/aromatic N) is 3. The summed E-state index contributed by atoms with van der Waals surface area (Å²) in [5.74, 6) is 0.959. The molecule has 0 spiro atoms. The summed E-state index contributed by atoms with van der Waals surface area (Å²) in [6.07, 6.45) is 2.54. The van der Waals surface area contributed by atoms with Crippen molar-refractivity contribution in [2.24, 2.45) is 0 Å². The van der Waals surface area contributed by atoms with Gasteiger partial charge >= 0.3 is 0 Å². The Bertz CT molecular complexity index is 837. The zero-order valence-electron chi connectivity index (χ0n) is 12.9. The van der Waals surface area contributed by atoms with Gasteiger partial charge in [0.25, 0.3) is 0 Å². The average Bonchev–Trinajstić information content (AvgIpc) is 2.59. The van der Waals surface area contributed by atoms with Gasteiger partial charge < -0.3 is 10.6 Å². The molecular weight excluding hydrogens is 345 g/mol. The van der Waals surface area contributed by atoms with Crippen LogP contribution in [0.5, 0.6) is 0 Å². The molecule has 7 heteroatoms. The summed E-state index contributed by atoms with van der Waals surface area (Å²) in [5, 5.41) is 15.2. The lowest BCUT2D eigenvalue weighted by atomic mass is 10.1. The van der Waals surface area contributed by atoms with Gasteiger partial charge in [0.1, 0.15) is 0 Å². The van der Waals surface area contributed by atoms with E-state index < -0.39 is 0 Å². The van der Waals surface area contributed by atoms with Gasteiger partial charge in [0.05, 0.1) is 16.2 Å². The average molecular weight is 360 g/mol. The summed E-state index contributed by atoms with van der Waals surface area (Å²) in [6, 6.07) is 13.4. The number of aromatic nitrogens is 3. The molecule has 0 aliphatic heterocycles. The van der Waals surface area contributed by atoms with Gasteiger partial charge in [0, 0.05) is 11.4 Å². The van der Waals surface area contributed by atoms with Crippen LogP contribution in [0.2, 0.25) is 10.0 Å². The number of anilines is 4. The van der Waals surface area contributed by atoms with Crippen molar-refractivity contribution in [2.75, 3.05) is 10.6 Å². The Kier molecular flexibility index (Phi) is 5.13. The van der Waals surface area contributed by atoms with Crippen molar-refractivity contribution >= 4 is 46.3 Å². The first-order valence-corrected chi connectivity index (χ1v) is 8.17. The van der Waals surface area contributed by atoms with Crippen molar-refractivity contribution in [1.29, 1.82) is 0 Å². The third kappa shape index (κ3) is 4.13. The molecule has 2 aromatic carbocycles. The van der Waals surface area contributed by atoms with E-state index in [9.17, 15) is 0 Å². The second kappa shape index (κ2) is 7.47. The molecule has 3 rings (SSSR count). The van der Waals surface area contributed by atoms with E-state index >= 15 is 0 Å². The van der Waals surface area contributed by atoms with E-state index in [0.29, 0.717) is 21.8 Å². The Balaban J connectivity index is 1.74. The van der Waals surface area contributed by atoms with Crippen molar-refractivity contribution in [3.8, 4) is 0 Å². The fourth-order valence-corrected chi connectivity index (χ4v) is 2.39. The van der Waals surface area contributed by atoms with Gasteiger partial charge in [-0.15, -0.1) is 5.10 Å². The molecule has 1 aromatic heterocycles. The first kappa shape index (κ1) is 16.5. The van der Waals surface area contributed by atoms with E-state index in [0.717, 1.165) is 17.8 Å². The number of rotatable bonds is 5. The van der Waals surface area contributed by atoms with Crippen molar-refractivity contribution < 1.29 is 0 Å². The van der Waals surface area contributed by atoms with E-state index in [2.05, 4.69) is 44.9 Å². The molecule has 0 saturated carbocycles. The van der Waals surface area contributed by atoms with Crippen LogP contribution in [0.3, 0.4) is 0 Å². The first-order chi connectivity index (χ1) is 11.6. The molecule has 0 radical (unpaired) electrons. The number of halogens is 2. The summed E-state index contributed by atoms with van der Waals surface area (Å²) in [4.78, 5) is 4.39. The number of nitrogens with one attached hydrogen (secondary N) is 2. The van der Waals surface area contributed by atoms with Crippen LogP contribution in [0.4, 0.5) is 23.1 Å². The molecule has 0 amide bonds. The minimum absolute atomic E-state index is 0.407. The number of aryl methyl sites for hydroxylation is 1. The van der Waals surface area contributed by atoms with Gasteiger partial charge in [-0.3, -0.25) is 0 Å². The summed E-state index contributed by atoms with van der Waals surface area (Å²) in [5.41, 5.74) is 2.94. The maximum Gasteiger partial charge on any atom is 0.249 e. The Morgan fingerprint density at radius 2 is 1.67 bits per heavy atom. The molecule has 0 unspecified atom stereocenters. The lowest BCUT2D eigenvalue weighted by Crippen LogP contribution is -2.02. The largest absolute Gasteiger partial charge is 0.339 e. The van der Waals surface area contributed by atoms with Crippen molar-refractivity contribution in [1.82, 2.24) is 15.2 Å². The minimum atomic E-state index is 0.407. The molecular formula is C17H15Cl2N5. The molecule has 1 heterocycles. The lowest BCUT2D eigenvalue weighted by molar-refractivity contribution is 0.982. The number of hydrogen-bond acceptors (Lipinski definition) is 5. The minimum Gasteiger partial charge on any atom is -0.339 e. The van der Waals surface area contributed by atoms with Gasteiger partial charge in [-0.05, 0) is 42.3 Å². The SMILES string of the molecule is CCc1ccc(Nc2nncc(Nc3ccc(Cl)c(Cl)c3)n2)cc1. The molecule has 0 saturated heterocycles. The molecule has 0 bridgehead atoms. The van der Waals surface area contributed by atoms with E-state index in [4.69, 9.17) is 23.2 Å². The highest BCUT2D eigenvalue weighted by Crippen LogP contribution is 2.26. The van der Waals surface area contributed by atoms with Gasteiger partial charge in [-0.1, -0.05) is 42.3 Å². The summed E-state index contributed by atoms with van der Waals surface area (Å²) in [6.45, 7) is 2.12. The first-order valence-electron chi connectivity index (χ1n) is 7.42. The Morgan fingerprint density at radius 1 is 0.917 bits per heavy atom. The van der Waals surface area contributed by atoms with Crippen LogP contribution in [0.15, 0.2) is 48.7 Å². The third-order valence-electron chi connectivity index (χ3n) is 3.37. The Hall–Kier alpha value is -2.37. The van der Waals surface area contributed by atoms with E-state index in [1.54, 1.807) is 12.1 Å². The van der Waals surface area contributed by atoms with Crippen LogP contribution in [0.1, 0.15) is 12.5 Å². The third-order valence-corrected chi connectivity index (χ3v) is 4.11. The van der Waals surface area contributed by atoms with Crippen molar-refractivity contribution in [3.05, 3.63) is 64.3 Å². The van der Waals surface area contributed by atoms with Crippen LogP contribution >= 0.6 is 23.2 Å². The monoisotopic (exact) mass is 359 g/mol. The van der Waals surface area contributed by atoms with Gasteiger partial charge in [-0.2, -0.15) is 10.1 Å². The highest BCUT2D eigenvalue weighted by Gasteiger charge is 2.04. The molecule has 122 valence electrons. The standard InChI is InChI=1S/C17H15Cl2N5/c1-2-11-3-5-12(6-4-11)22-17-23-16(10-20-24-17)21-13-7-8-14(18)15(19)9-13/h3-10H,2H2,1H3,(H2,21,22,23,24). The zero-order valence-corrected chi connectivity index (χ0v) is 14.4. The summed E-state index contributed by atoms with van der Waals surface area (Å²) >= 11 is 11.9. The smallest absolute Gasteiger partial charge is 0.249 e. The normalized spacial score (nSPS) is 10.5. The molecule has 0 atom stereocenters. The lowest BCUT2D eigenvalue weighted by Gasteiger charge is -2.08. The van der Waals surface area contributed by atoms with E-state index in [1.807, 2.05) is 18.2 Å². The maximum absolute atomic E-state index is 6.01. The van der Waals surface area contributed by atoms with Crippen molar-refractivity contribution in [3.63, 3.8) is 0 Å². The second-order valence-electron chi connectivity index (χ2n) is 5.09. The molecule has 2 N–H and O–H groups in total. The van der Waals surface area contributed by atoms with Gasteiger partial charge in [-0.25, -0.2) is 0 Å². The molecule has 5 nitrogen and oxygen atoms in total. The van der Waals surface area contributed by atoms with Crippen LogP contribution in [0.25, 0.3) is 0 Å². The number of hydrogen-bond donors (Lipinski definition) is 2. The molecule has 0 aliphatic carbocycles. The highest BCUT2D eigenvalue weighted by atomic mass is 35.5. The van der Waals surface area contributed by atoms with Gasteiger partial charge in [0.2, 0.25) is 5.95 Å². The summed E-state index contributed by atoms with van der Waals surface area (Å²) in [7, 11) is 0. The molecule has 3 aromatic rings. The van der Waals surface area contributed by atoms with Crippen molar-refractivity contribution in [2.45, 2.75) is 13.3 Å². The van der Waals surface area contributed by atoms with Crippen LogP contribution < -0.4 is 10.6 Å². The van der Waals surface area contributed by atoms with Crippen LogP contribution in [0, 0.1) is 0 Å². The fraction of sp³-hybridized carbons (Fsp3) is 0.118. The predicted molar refractivity (Wildman–Crippen MR) is 98.7 cm³/mol. The van der Waals surface area contributed by atoms with Crippen LogP contribution in [-0.2, 0) is 6.42 Å². The zero-order chi connectivity index (χ0) is 16.9. The molecule has 0 fully saturated rings. The maximum atomic E-state index is 6.01. The topological polar surface area (TPSA) is 62.7 Å². The quantitative estimate of drug-likeness (QED) is 0.653. The molecule has 24 heavy (non-hydrogen) atoms.